The number of hydrogen-bond donors (Lipinski definition) is 1. The lowest BCUT2D eigenvalue weighted by molar-refractivity contribution is -0.124. The van der Waals surface area contributed by atoms with Crippen molar-refractivity contribution >= 4 is 21.7 Å². The number of phenolic OH excluding ortho intramolecular Hbond substituents is 1. The number of ether oxygens (including phenoxy) is 1. The Bertz CT molecular complexity index is 457. The van der Waals surface area contributed by atoms with Gasteiger partial charge >= 0.3 is 0 Å². The smallest absolute Gasteiger partial charge is 0.136 e. The Labute approximate surface area is 115 Å². The van der Waals surface area contributed by atoms with Crippen molar-refractivity contribution in [3.8, 4) is 11.5 Å². The molecule has 0 bridgehead atoms. The predicted octanol–water partition coefficient (Wildman–Crippen LogP) is 3.47. The summed E-state index contributed by atoms with van der Waals surface area (Å²) in [4.78, 5) is 11.8. The molecule has 0 saturated heterocycles. The summed E-state index contributed by atoms with van der Waals surface area (Å²) in [6.07, 6.45) is 4.32. The van der Waals surface area contributed by atoms with Gasteiger partial charge in [0.25, 0.3) is 0 Å². The van der Waals surface area contributed by atoms with Crippen LogP contribution < -0.4 is 4.74 Å². The highest BCUT2D eigenvalue weighted by atomic mass is 79.9. The zero-order valence-corrected chi connectivity index (χ0v) is 12.0. The van der Waals surface area contributed by atoms with E-state index < -0.39 is 0 Å². The molecule has 1 saturated carbocycles. The van der Waals surface area contributed by atoms with Gasteiger partial charge in [-0.15, -0.1) is 0 Å². The maximum Gasteiger partial charge on any atom is 0.136 e. The van der Waals surface area contributed by atoms with Crippen LogP contribution in [0.25, 0.3) is 0 Å². The van der Waals surface area contributed by atoms with Gasteiger partial charge < -0.3 is 9.84 Å². The Hall–Kier alpha value is -1.03. The second-order valence-corrected chi connectivity index (χ2v) is 5.58. The highest BCUT2D eigenvalue weighted by molar-refractivity contribution is 9.10. The number of methoxy groups -OCH3 is 1. The predicted molar refractivity (Wildman–Crippen MR) is 73.0 cm³/mol. The van der Waals surface area contributed by atoms with Gasteiger partial charge in [0.15, 0.2) is 0 Å². The molecule has 0 spiro atoms. The molecule has 1 atom stereocenters. The summed E-state index contributed by atoms with van der Waals surface area (Å²) in [7, 11) is 1.59. The standard InChI is InChI=1S/C14H17BrO3/c1-18-14-7-10(13(17)8-11(14)15)6-9-4-2-3-5-12(9)16/h7-9,17H,2-6H2,1H3. The van der Waals surface area contributed by atoms with E-state index in [-0.39, 0.29) is 11.7 Å². The van der Waals surface area contributed by atoms with Crippen molar-refractivity contribution in [2.75, 3.05) is 7.11 Å². The van der Waals surface area contributed by atoms with E-state index in [2.05, 4.69) is 15.9 Å². The molecule has 98 valence electrons. The van der Waals surface area contributed by atoms with Crippen LogP contribution in [0.3, 0.4) is 0 Å². The zero-order chi connectivity index (χ0) is 13.1. The van der Waals surface area contributed by atoms with Crippen LogP contribution in [0.2, 0.25) is 0 Å². The lowest BCUT2D eigenvalue weighted by Crippen LogP contribution is -2.21. The average molecular weight is 313 g/mol. The fraction of sp³-hybridized carbons (Fsp3) is 0.500. The molecule has 1 aromatic carbocycles. The molecule has 18 heavy (non-hydrogen) atoms. The van der Waals surface area contributed by atoms with Crippen molar-refractivity contribution in [3.05, 3.63) is 22.2 Å². The lowest BCUT2D eigenvalue weighted by Gasteiger charge is -2.21. The van der Waals surface area contributed by atoms with Crippen molar-refractivity contribution in [1.29, 1.82) is 0 Å². The molecule has 0 aliphatic heterocycles. The van der Waals surface area contributed by atoms with E-state index in [0.29, 0.717) is 24.4 Å². The molecule has 1 N–H and O–H groups in total. The highest BCUT2D eigenvalue weighted by Crippen LogP contribution is 2.35. The first-order valence-electron chi connectivity index (χ1n) is 6.20. The Morgan fingerprint density at radius 2 is 2.22 bits per heavy atom. The first kappa shape index (κ1) is 13.4. The third-order valence-corrected chi connectivity index (χ3v) is 4.12. The van der Waals surface area contributed by atoms with Crippen molar-refractivity contribution in [1.82, 2.24) is 0 Å². The molecule has 4 heteroatoms. The number of rotatable bonds is 3. The Kier molecular flexibility index (Phi) is 4.27. The Balaban J connectivity index is 2.20. The minimum absolute atomic E-state index is 0.0514. The third-order valence-electron chi connectivity index (χ3n) is 3.50. The highest BCUT2D eigenvalue weighted by Gasteiger charge is 2.23. The Morgan fingerprint density at radius 1 is 1.44 bits per heavy atom. The summed E-state index contributed by atoms with van der Waals surface area (Å²) in [5.41, 5.74) is 0.787. The van der Waals surface area contributed by atoms with Gasteiger partial charge in [-0.25, -0.2) is 0 Å². The van der Waals surface area contributed by atoms with E-state index in [0.717, 1.165) is 29.3 Å². The molecule has 1 aliphatic rings. The molecule has 0 amide bonds. The van der Waals surface area contributed by atoms with Crippen LogP contribution in [-0.2, 0) is 11.2 Å². The van der Waals surface area contributed by atoms with Gasteiger partial charge in [-0.3, -0.25) is 4.79 Å². The maximum atomic E-state index is 11.8. The minimum atomic E-state index is 0.0514. The van der Waals surface area contributed by atoms with E-state index in [1.807, 2.05) is 0 Å². The molecule has 3 nitrogen and oxygen atoms in total. The van der Waals surface area contributed by atoms with Crippen LogP contribution >= 0.6 is 15.9 Å². The number of carbonyl (C=O) groups is 1. The minimum Gasteiger partial charge on any atom is -0.508 e. The summed E-state index contributed by atoms with van der Waals surface area (Å²) in [6.45, 7) is 0. The topological polar surface area (TPSA) is 46.5 Å². The van der Waals surface area contributed by atoms with Crippen molar-refractivity contribution in [3.63, 3.8) is 0 Å². The second-order valence-electron chi connectivity index (χ2n) is 4.73. The molecule has 1 unspecified atom stereocenters. The molecule has 1 fully saturated rings. The summed E-state index contributed by atoms with van der Waals surface area (Å²) in [5, 5.41) is 9.93. The molecule has 0 radical (unpaired) electrons. The molecular formula is C14H17BrO3. The number of aromatic hydroxyl groups is 1. The normalized spacial score (nSPS) is 19.9. The van der Waals surface area contributed by atoms with Crippen LogP contribution in [0, 0.1) is 5.92 Å². The number of halogens is 1. The quantitative estimate of drug-likeness (QED) is 0.929. The molecular weight excluding hydrogens is 296 g/mol. The lowest BCUT2D eigenvalue weighted by atomic mass is 9.83. The van der Waals surface area contributed by atoms with Crippen LogP contribution in [0.4, 0.5) is 0 Å². The van der Waals surface area contributed by atoms with Gasteiger partial charge in [-0.1, -0.05) is 6.42 Å². The number of phenols is 1. The fourth-order valence-corrected chi connectivity index (χ4v) is 2.93. The summed E-state index contributed by atoms with van der Waals surface area (Å²) in [6, 6.07) is 3.43. The van der Waals surface area contributed by atoms with Crippen LogP contribution in [0.1, 0.15) is 31.2 Å². The monoisotopic (exact) mass is 312 g/mol. The van der Waals surface area contributed by atoms with Crippen molar-refractivity contribution in [2.45, 2.75) is 32.1 Å². The van der Waals surface area contributed by atoms with Crippen molar-refractivity contribution < 1.29 is 14.6 Å². The SMILES string of the molecule is COc1cc(CC2CCCCC2=O)c(O)cc1Br. The van der Waals surface area contributed by atoms with E-state index >= 15 is 0 Å². The molecule has 0 heterocycles. The van der Waals surface area contributed by atoms with Crippen LogP contribution in [0.5, 0.6) is 11.5 Å². The average Bonchev–Trinajstić information content (AvgIpc) is 2.35. The van der Waals surface area contributed by atoms with Gasteiger partial charge in [-0.05, 0) is 52.9 Å². The van der Waals surface area contributed by atoms with Crippen molar-refractivity contribution in [2.24, 2.45) is 5.92 Å². The number of ketones is 1. The maximum absolute atomic E-state index is 11.8. The molecule has 1 aliphatic carbocycles. The number of hydrogen-bond acceptors (Lipinski definition) is 3. The zero-order valence-electron chi connectivity index (χ0n) is 10.4. The van der Waals surface area contributed by atoms with Gasteiger partial charge in [0, 0.05) is 12.3 Å². The van der Waals surface area contributed by atoms with E-state index in [1.165, 1.54) is 0 Å². The van der Waals surface area contributed by atoms with Gasteiger partial charge in [0.05, 0.1) is 11.6 Å². The van der Waals surface area contributed by atoms with E-state index in [9.17, 15) is 9.90 Å². The second kappa shape index (κ2) is 5.74. The van der Waals surface area contributed by atoms with E-state index in [4.69, 9.17) is 4.74 Å². The summed E-state index contributed by atoms with van der Waals surface area (Å²) >= 11 is 3.33. The molecule has 0 aromatic heterocycles. The Morgan fingerprint density at radius 3 is 2.89 bits per heavy atom. The summed E-state index contributed by atoms with van der Waals surface area (Å²) < 4.78 is 5.94. The summed E-state index contributed by atoms with van der Waals surface area (Å²) in [5.74, 6) is 1.28. The van der Waals surface area contributed by atoms with Gasteiger partial charge in [-0.2, -0.15) is 0 Å². The van der Waals surface area contributed by atoms with Crippen LogP contribution in [-0.4, -0.2) is 18.0 Å². The van der Waals surface area contributed by atoms with E-state index in [1.54, 1.807) is 19.2 Å². The van der Waals surface area contributed by atoms with Gasteiger partial charge in [0.1, 0.15) is 17.3 Å². The number of benzene rings is 1. The van der Waals surface area contributed by atoms with Gasteiger partial charge in [0.2, 0.25) is 0 Å². The largest absolute Gasteiger partial charge is 0.508 e. The molecule has 2 rings (SSSR count). The number of carbonyl (C=O) groups excluding carboxylic acids is 1. The first-order chi connectivity index (χ1) is 8.61. The number of Topliss-reactive ketones (excluding diaryl/α,β-unsaturated/α-hetero) is 1. The third kappa shape index (κ3) is 2.86. The first-order valence-corrected chi connectivity index (χ1v) is 6.99. The molecule has 1 aromatic rings. The fourth-order valence-electron chi connectivity index (χ4n) is 2.44. The van der Waals surface area contributed by atoms with Crippen LogP contribution in [0.15, 0.2) is 16.6 Å².